The Hall–Kier alpha value is -0.960. The van der Waals surface area contributed by atoms with Crippen LogP contribution in [0.25, 0.3) is 0 Å². The Balaban J connectivity index is 1.73. The van der Waals surface area contributed by atoms with Gasteiger partial charge in [0.1, 0.15) is 0 Å². The zero-order valence-electron chi connectivity index (χ0n) is 15.4. The van der Waals surface area contributed by atoms with Crippen molar-refractivity contribution in [2.45, 2.75) is 62.0 Å². The molecular weight excluding hydrogens is 432 g/mol. The molecule has 1 aliphatic carbocycles. The normalized spacial score (nSPS) is 21.5. The van der Waals surface area contributed by atoms with Crippen molar-refractivity contribution in [3.8, 4) is 0 Å². The van der Waals surface area contributed by atoms with Gasteiger partial charge in [0.25, 0.3) is 0 Å². The molecular formula is C19H27BrN2O4S. The smallest absolute Gasteiger partial charge is 0.243 e. The van der Waals surface area contributed by atoms with Gasteiger partial charge in [0.15, 0.2) is 0 Å². The second-order valence-electron chi connectivity index (χ2n) is 7.24. The Morgan fingerprint density at radius 1 is 1.11 bits per heavy atom. The number of hydrogen-bond donors (Lipinski definition) is 1. The number of hydrogen-bond acceptors (Lipinski definition) is 4. The van der Waals surface area contributed by atoms with E-state index in [0.29, 0.717) is 6.54 Å². The zero-order valence-corrected chi connectivity index (χ0v) is 17.8. The maximum Gasteiger partial charge on any atom is 0.243 e. The molecule has 0 bridgehead atoms. The van der Waals surface area contributed by atoms with E-state index in [1.165, 1.54) is 4.31 Å². The van der Waals surface area contributed by atoms with Crippen LogP contribution in [-0.4, -0.2) is 50.5 Å². The number of carbonyl (C=O) groups is 1. The fourth-order valence-electron chi connectivity index (χ4n) is 3.75. The van der Waals surface area contributed by atoms with E-state index in [1.807, 2.05) is 0 Å². The van der Waals surface area contributed by atoms with Gasteiger partial charge < -0.3 is 10.1 Å². The molecule has 2 aliphatic rings. The maximum atomic E-state index is 13.2. The lowest BCUT2D eigenvalue weighted by molar-refractivity contribution is -0.122. The quantitative estimate of drug-likeness (QED) is 0.680. The Bertz CT molecular complexity index is 727. The highest BCUT2D eigenvalue weighted by molar-refractivity contribution is 9.10. The number of nitrogens with zero attached hydrogens (tertiary/aromatic N) is 1. The van der Waals surface area contributed by atoms with Crippen LogP contribution >= 0.6 is 15.9 Å². The third-order valence-corrected chi connectivity index (χ3v) is 7.69. The number of ether oxygens (including phenoxy) is 1. The molecule has 0 spiro atoms. The van der Waals surface area contributed by atoms with Gasteiger partial charge in [-0.1, -0.05) is 35.2 Å². The number of carbonyl (C=O) groups excluding carboxylic acids is 1. The van der Waals surface area contributed by atoms with Gasteiger partial charge in [0.2, 0.25) is 15.9 Å². The highest BCUT2D eigenvalue weighted by atomic mass is 79.9. The highest BCUT2D eigenvalue weighted by Gasteiger charge is 2.34. The van der Waals surface area contributed by atoms with Crippen molar-refractivity contribution in [3.05, 3.63) is 28.7 Å². The Labute approximate surface area is 169 Å². The van der Waals surface area contributed by atoms with Crippen molar-refractivity contribution in [1.82, 2.24) is 9.62 Å². The minimum absolute atomic E-state index is 0.0418. The zero-order chi connectivity index (χ0) is 19.3. The lowest BCUT2D eigenvalue weighted by Crippen LogP contribution is -2.47. The first kappa shape index (κ1) is 20.8. The summed E-state index contributed by atoms with van der Waals surface area (Å²) in [5.41, 5.74) is 0. The molecule has 1 aromatic carbocycles. The van der Waals surface area contributed by atoms with E-state index in [2.05, 4.69) is 21.2 Å². The van der Waals surface area contributed by atoms with Crippen LogP contribution in [0.15, 0.2) is 33.6 Å². The topological polar surface area (TPSA) is 75.7 Å². The summed E-state index contributed by atoms with van der Waals surface area (Å²) in [6.07, 6.45) is 6.69. The van der Waals surface area contributed by atoms with Crippen molar-refractivity contribution < 1.29 is 17.9 Å². The molecule has 1 atom stereocenters. The predicted molar refractivity (Wildman–Crippen MR) is 107 cm³/mol. The maximum absolute atomic E-state index is 13.2. The minimum Gasteiger partial charge on any atom is -0.376 e. The van der Waals surface area contributed by atoms with Gasteiger partial charge in [0, 0.05) is 23.7 Å². The average molecular weight is 459 g/mol. The summed E-state index contributed by atoms with van der Waals surface area (Å²) >= 11 is 3.33. The fraction of sp³-hybridized carbons (Fsp3) is 0.632. The van der Waals surface area contributed by atoms with E-state index in [4.69, 9.17) is 4.74 Å². The summed E-state index contributed by atoms with van der Waals surface area (Å²) in [6, 6.07) is 6.47. The molecule has 1 aliphatic heterocycles. The van der Waals surface area contributed by atoms with Crippen LogP contribution in [-0.2, 0) is 19.6 Å². The van der Waals surface area contributed by atoms with Gasteiger partial charge in [-0.15, -0.1) is 0 Å². The summed E-state index contributed by atoms with van der Waals surface area (Å²) in [4.78, 5) is 12.7. The van der Waals surface area contributed by atoms with Crippen molar-refractivity contribution in [3.63, 3.8) is 0 Å². The number of sulfonamides is 1. The SMILES string of the molecule is O=C(CN(C1CCCCC1)S(=O)(=O)c1ccc(Br)cc1)NCC1CCCO1. The lowest BCUT2D eigenvalue weighted by Gasteiger charge is -2.33. The molecule has 150 valence electrons. The second-order valence-corrected chi connectivity index (χ2v) is 10.0. The summed E-state index contributed by atoms with van der Waals surface area (Å²) in [7, 11) is -3.73. The van der Waals surface area contributed by atoms with Crippen LogP contribution < -0.4 is 5.32 Å². The number of rotatable bonds is 7. The Morgan fingerprint density at radius 3 is 2.44 bits per heavy atom. The first-order valence-corrected chi connectivity index (χ1v) is 11.9. The van der Waals surface area contributed by atoms with Crippen molar-refractivity contribution >= 4 is 31.9 Å². The van der Waals surface area contributed by atoms with Gasteiger partial charge in [-0.3, -0.25) is 4.79 Å². The van der Waals surface area contributed by atoms with Crippen molar-refractivity contribution in [2.75, 3.05) is 19.7 Å². The van der Waals surface area contributed by atoms with E-state index in [0.717, 1.165) is 56.0 Å². The van der Waals surface area contributed by atoms with Crippen LogP contribution in [0.4, 0.5) is 0 Å². The van der Waals surface area contributed by atoms with Crippen LogP contribution in [0.1, 0.15) is 44.9 Å². The van der Waals surface area contributed by atoms with E-state index in [-0.39, 0.29) is 29.5 Å². The molecule has 2 fully saturated rings. The second kappa shape index (κ2) is 9.49. The van der Waals surface area contributed by atoms with Crippen LogP contribution in [0.5, 0.6) is 0 Å². The third-order valence-electron chi connectivity index (χ3n) is 5.25. The van der Waals surface area contributed by atoms with Gasteiger partial charge in [-0.2, -0.15) is 4.31 Å². The molecule has 8 heteroatoms. The summed E-state index contributed by atoms with van der Waals surface area (Å²) in [6.45, 7) is 1.03. The number of amides is 1. The molecule has 6 nitrogen and oxygen atoms in total. The summed E-state index contributed by atoms with van der Waals surface area (Å²) in [5, 5.41) is 2.85. The molecule has 3 rings (SSSR count). The Morgan fingerprint density at radius 2 is 1.81 bits per heavy atom. The molecule has 1 heterocycles. The van der Waals surface area contributed by atoms with Crippen molar-refractivity contribution in [2.24, 2.45) is 0 Å². The molecule has 0 radical (unpaired) electrons. The molecule has 1 saturated heterocycles. The molecule has 1 aromatic rings. The van der Waals surface area contributed by atoms with Crippen LogP contribution in [0, 0.1) is 0 Å². The Kier molecular flexibility index (Phi) is 7.30. The van der Waals surface area contributed by atoms with E-state index in [1.54, 1.807) is 24.3 Å². The molecule has 1 saturated carbocycles. The molecule has 1 N–H and O–H groups in total. The van der Waals surface area contributed by atoms with Crippen molar-refractivity contribution in [1.29, 1.82) is 0 Å². The first-order valence-electron chi connectivity index (χ1n) is 9.62. The van der Waals surface area contributed by atoms with Gasteiger partial charge in [-0.25, -0.2) is 8.42 Å². The monoisotopic (exact) mass is 458 g/mol. The fourth-order valence-corrected chi connectivity index (χ4v) is 5.66. The summed E-state index contributed by atoms with van der Waals surface area (Å²) < 4.78 is 34.2. The van der Waals surface area contributed by atoms with Crippen LogP contribution in [0.2, 0.25) is 0 Å². The molecule has 27 heavy (non-hydrogen) atoms. The first-order chi connectivity index (χ1) is 13.0. The van der Waals surface area contributed by atoms with Crippen LogP contribution in [0.3, 0.4) is 0 Å². The van der Waals surface area contributed by atoms with Gasteiger partial charge in [0.05, 0.1) is 17.5 Å². The molecule has 1 unspecified atom stereocenters. The number of nitrogens with one attached hydrogen (secondary N) is 1. The molecule has 1 amide bonds. The van der Waals surface area contributed by atoms with E-state index >= 15 is 0 Å². The van der Waals surface area contributed by atoms with Gasteiger partial charge in [-0.05, 0) is 49.9 Å². The number of benzene rings is 1. The predicted octanol–water partition coefficient (Wildman–Crippen LogP) is 3.07. The third kappa shape index (κ3) is 5.53. The number of halogens is 1. The standard InChI is InChI=1S/C19H27BrN2O4S/c20-15-8-10-18(11-9-15)27(24,25)22(16-5-2-1-3-6-16)14-19(23)21-13-17-7-4-12-26-17/h8-11,16-17H,1-7,12-14H2,(H,21,23). The van der Waals surface area contributed by atoms with Gasteiger partial charge >= 0.3 is 0 Å². The van der Waals surface area contributed by atoms with E-state index in [9.17, 15) is 13.2 Å². The highest BCUT2D eigenvalue weighted by Crippen LogP contribution is 2.28. The minimum atomic E-state index is -3.73. The van der Waals surface area contributed by atoms with E-state index < -0.39 is 10.0 Å². The average Bonchev–Trinajstić information content (AvgIpc) is 3.19. The molecule has 0 aromatic heterocycles. The summed E-state index contributed by atoms with van der Waals surface area (Å²) in [5.74, 6) is -0.267. The largest absolute Gasteiger partial charge is 0.376 e. The lowest BCUT2D eigenvalue weighted by atomic mass is 9.95.